The Kier molecular flexibility index (Phi) is 4.28. The SMILES string of the molecule is Cc1ccccc1NC(=O)NCc1cn(-c2cccnc2)nn1. The Labute approximate surface area is 133 Å². The minimum absolute atomic E-state index is 0.282. The van der Waals surface area contributed by atoms with Gasteiger partial charge < -0.3 is 10.6 Å². The van der Waals surface area contributed by atoms with Gasteiger partial charge in [0.15, 0.2) is 0 Å². The quantitative estimate of drug-likeness (QED) is 0.774. The number of carbonyl (C=O) groups excluding carboxylic acids is 1. The first-order chi connectivity index (χ1) is 11.2. The van der Waals surface area contributed by atoms with Gasteiger partial charge in [-0.2, -0.15) is 0 Å². The van der Waals surface area contributed by atoms with Crippen molar-refractivity contribution in [2.45, 2.75) is 13.5 Å². The van der Waals surface area contributed by atoms with Gasteiger partial charge in [0.1, 0.15) is 5.69 Å². The van der Waals surface area contributed by atoms with Crippen molar-refractivity contribution in [3.63, 3.8) is 0 Å². The highest BCUT2D eigenvalue weighted by atomic mass is 16.2. The molecule has 2 N–H and O–H groups in total. The molecule has 7 nitrogen and oxygen atoms in total. The van der Waals surface area contributed by atoms with E-state index in [0.717, 1.165) is 16.9 Å². The second kappa shape index (κ2) is 6.69. The minimum Gasteiger partial charge on any atom is -0.332 e. The molecule has 0 aliphatic carbocycles. The lowest BCUT2D eigenvalue weighted by molar-refractivity contribution is 0.251. The molecule has 3 aromatic rings. The van der Waals surface area contributed by atoms with Crippen molar-refractivity contribution >= 4 is 11.7 Å². The summed E-state index contributed by atoms with van der Waals surface area (Å²) in [5, 5.41) is 13.6. The molecule has 0 unspecified atom stereocenters. The van der Waals surface area contributed by atoms with Crippen molar-refractivity contribution in [1.82, 2.24) is 25.3 Å². The zero-order valence-corrected chi connectivity index (χ0v) is 12.6. The summed E-state index contributed by atoms with van der Waals surface area (Å²) in [6, 6.07) is 11.0. The van der Waals surface area contributed by atoms with Crippen molar-refractivity contribution in [2.75, 3.05) is 5.32 Å². The molecular formula is C16H16N6O. The van der Waals surface area contributed by atoms with E-state index < -0.39 is 0 Å². The molecule has 2 amide bonds. The number of amides is 2. The van der Waals surface area contributed by atoms with Crippen LogP contribution < -0.4 is 10.6 Å². The van der Waals surface area contributed by atoms with Gasteiger partial charge in [-0.25, -0.2) is 9.48 Å². The maximum Gasteiger partial charge on any atom is 0.319 e. The van der Waals surface area contributed by atoms with Crippen molar-refractivity contribution in [3.8, 4) is 5.69 Å². The summed E-state index contributed by atoms with van der Waals surface area (Å²) in [6.07, 6.45) is 5.14. The van der Waals surface area contributed by atoms with Crippen molar-refractivity contribution in [3.05, 3.63) is 66.2 Å². The number of carbonyl (C=O) groups is 1. The molecule has 0 radical (unpaired) electrons. The average molecular weight is 308 g/mol. The van der Waals surface area contributed by atoms with Crippen LogP contribution in [0, 0.1) is 6.92 Å². The third-order valence-electron chi connectivity index (χ3n) is 3.27. The van der Waals surface area contributed by atoms with Crippen LogP contribution in [0.15, 0.2) is 55.0 Å². The van der Waals surface area contributed by atoms with E-state index >= 15 is 0 Å². The molecule has 3 rings (SSSR count). The lowest BCUT2D eigenvalue weighted by Gasteiger charge is -2.08. The Balaban J connectivity index is 1.58. The van der Waals surface area contributed by atoms with E-state index in [2.05, 4.69) is 25.9 Å². The topological polar surface area (TPSA) is 84.7 Å². The fourth-order valence-corrected chi connectivity index (χ4v) is 2.05. The van der Waals surface area contributed by atoms with Crippen LogP contribution in [0.4, 0.5) is 10.5 Å². The molecule has 2 aromatic heterocycles. The predicted octanol–water partition coefficient (Wildman–Crippen LogP) is 2.29. The van der Waals surface area contributed by atoms with Crippen LogP contribution in [-0.2, 0) is 6.54 Å². The predicted molar refractivity (Wildman–Crippen MR) is 86.2 cm³/mol. The molecule has 0 aliphatic rings. The minimum atomic E-state index is -0.282. The van der Waals surface area contributed by atoms with Gasteiger partial charge in [0, 0.05) is 11.9 Å². The summed E-state index contributed by atoms with van der Waals surface area (Å²) in [7, 11) is 0. The summed E-state index contributed by atoms with van der Waals surface area (Å²) < 4.78 is 1.61. The standard InChI is InChI=1S/C16H16N6O/c1-12-5-2-3-7-15(12)19-16(23)18-9-13-11-22(21-20-13)14-6-4-8-17-10-14/h2-8,10-11H,9H2,1H3,(H2,18,19,23). The fraction of sp³-hybridized carbons (Fsp3) is 0.125. The van der Waals surface area contributed by atoms with Crippen LogP contribution in [0.2, 0.25) is 0 Å². The number of hydrogen-bond acceptors (Lipinski definition) is 4. The van der Waals surface area contributed by atoms with Crippen LogP contribution in [0.25, 0.3) is 5.69 Å². The number of anilines is 1. The lowest BCUT2D eigenvalue weighted by Crippen LogP contribution is -2.28. The van der Waals surface area contributed by atoms with E-state index in [1.54, 1.807) is 23.3 Å². The van der Waals surface area contributed by atoms with Gasteiger partial charge in [0.2, 0.25) is 0 Å². The number of aromatic nitrogens is 4. The molecule has 0 saturated heterocycles. The van der Waals surface area contributed by atoms with Crippen molar-refractivity contribution < 1.29 is 4.79 Å². The van der Waals surface area contributed by atoms with Crippen LogP contribution in [0.3, 0.4) is 0 Å². The summed E-state index contributed by atoms with van der Waals surface area (Å²) in [4.78, 5) is 16.0. The van der Waals surface area contributed by atoms with Gasteiger partial charge in [-0.1, -0.05) is 23.4 Å². The van der Waals surface area contributed by atoms with Gasteiger partial charge >= 0.3 is 6.03 Å². The summed E-state index contributed by atoms with van der Waals surface area (Å²) in [6.45, 7) is 2.23. The number of benzene rings is 1. The molecule has 0 saturated carbocycles. The smallest absolute Gasteiger partial charge is 0.319 e. The van der Waals surface area contributed by atoms with E-state index in [0.29, 0.717) is 5.69 Å². The van der Waals surface area contributed by atoms with Gasteiger partial charge in [-0.15, -0.1) is 5.10 Å². The molecule has 0 atom stereocenters. The Morgan fingerprint density at radius 1 is 1.22 bits per heavy atom. The van der Waals surface area contributed by atoms with Gasteiger partial charge in [0.05, 0.1) is 24.6 Å². The summed E-state index contributed by atoms with van der Waals surface area (Å²) in [5.74, 6) is 0. The highest BCUT2D eigenvalue weighted by Gasteiger charge is 2.06. The number of hydrogen-bond donors (Lipinski definition) is 2. The first-order valence-corrected chi connectivity index (χ1v) is 7.14. The van der Waals surface area contributed by atoms with Gasteiger partial charge in [-0.3, -0.25) is 4.98 Å². The Morgan fingerprint density at radius 3 is 2.87 bits per heavy atom. The van der Waals surface area contributed by atoms with Crippen LogP contribution in [-0.4, -0.2) is 26.0 Å². The van der Waals surface area contributed by atoms with E-state index in [1.165, 1.54) is 0 Å². The van der Waals surface area contributed by atoms with Crippen molar-refractivity contribution in [1.29, 1.82) is 0 Å². The molecule has 0 fully saturated rings. The van der Waals surface area contributed by atoms with E-state index in [4.69, 9.17) is 0 Å². The molecule has 1 aromatic carbocycles. The largest absolute Gasteiger partial charge is 0.332 e. The third kappa shape index (κ3) is 3.70. The summed E-state index contributed by atoms with van der Waals surface area (Å²) >= 11 is 0. The molecule has 2 heterocycles. The number of rotatable bonds is 4. The second-order valence-corrected chi connectivity index (χ2v) is 4.99. The molecule has 116 valence electrons. The fourth-order valence-electron chi connectivity index (χ4n) is 2.05. The molecule has 0 bridgehead atoms. The van der Waals surface area contributed by atoms with Crippen LogP contribution >= 0.6 is 0 Å². The lowest BCUT2D eigenvalue weighted by atomic mass is 10.2. The molecule has 23 heavy (non-hydrogen) atoms. The third-order valence-corrected chi connectivity index (χ3v) is 3.27. The monoisotopic (exact) mass is 308 g/mol. The highest BCUT2D eigenvalue weighted by Crippen LogP contribution is 2.12. The van der Waals surface area contributed by atoms with Gasteiger partial charge in [0.25, 0.3) is 0 Å². The normalized spacial score (nSPS) is 10.3. The van der Waals surface area contributed by atoms with Crippen molar-refractivity contribution in [2.24, 2.45) is 0 Å². The molecular weight excluding hydrogens is 292 g/mol. The summed E-state index contributed by atoms with van der Waals surface area (Å²) in [5.41, 5.74) is 3.26. The van der Waals surface area contributed by atoms with Gasteiger partial charge in [-0.05, 0) is 30.7 Å². The highest BCUT2D eigenvalue weighted by molar-refractivity contribution is 5.89. The zero-order chi connectivity index (χ0) is 16.1. The van der Waals surface area contributed by atoms with E-state index in [9.17, 15) is 4.79 Å². The number of pyridine rings is 1. The maximum atomic E-state index is 11.9. The Hall–Kier alpha value is -3.22. The first kappa shape index (κ1) is 14.7. The maximum absolute atomic E-state index is 11.9. The molecule has 0 spiro atoms. The molecule has 7 heteroatoms. The Morgan fingerprint density at radius 2 is 2.09 bits per heavy atom. The Bertz CT molecular complexity index is 799. The number of aryl methyl sites for hydroxylation is 1. The second-order valence-electron chi connectivity index (χ2n) is 4.99. The zero-order valence-electron chi connectivity index (χ0n) is 12.6. The first-order valence-electron chi connectivity index (χ1n) is 7.14. The van der Waals surface area contributed by atoms with Crippen LogP contribution in [0.1, 0.15) is 11.3 Å². The average Bonchev–Trinajstić information content (AvgIpc) is 3.05. The van der Waals surface area contributed by atoms with E-state index in [1.807, 2.05) is 43.3 Å². The number of nitrogens with zero attached hydrogens (tertiary/aromatic N) is 4. The number of urea groups is 1. The van der Waals surface area contributed by atoms with Crippen LogP contribution in [0.5, 0.6) is 0 Å². The number of para-hydroxylation sites is 1. The number of nitrogens with one attached hydrogen (secondary N) is 2. The van der Waals surface area contributed by atoms with E-state index in [-0.39, 0.29) is 12.6 Å². The molecule has 0 aliphatic heterocycles.